The first-order valence-electron chi connectivity index (χ1n) is 4.73. The summed E-state index contributed by atoms with van der Waals surface area (Å²) in [7, 11) is 1.67. The summed E-state index contributed by atoms with van der Waals surface area (Å²) >= 11 is 8.28. The van der Waals surface area contributed by atoms with Crippen LogP contribution in [0.2, 0.25) is 0 Å². The molecule has 0 unspecified atom stereocenters. The summed E-state index contributed by atoms with van der Waals surface area (Å²) in [5.41, 5.74) is 0. The third kappa shape index (κ3) is 5.34. The van der Waals surface area contributed by atoms with Gasteiger partial charge < -0.3 is 15.4 Å². The van der Waals surface area contributed by atoms with Gasteiger partial charge in [-0.15, -0.1) is 0 Å². The van der Waals surface area contributed by atoms with Crippen molar-refractivity contribution in [2.24, 2.45) is 0 Å². The van der Waals surface area contributed by atoms with Gasteiger partial charge in [-0.05, 0) is 34.6 Å². The van der Waals surface area contributed by atoms with E-state index < -0.39 is 0 Å². The lowest BCUT2D eigenvalue weighted by atomic mass is 10.4. The molecule has 88 valence electrons. The van der Waals surface area contributed by atoms with Gasteiger partial charge in [-0.1, -0.05) is 0 Å². The second-order valence-corrected chi connectivity index (χ2v) is 4.17. The zero-order chi connectivity index (χ0) is 11.8. The van der Waals surface area contributed by atoms with Crippen LogP contribution in [0.25, 0.3) is 0 Å². The molecule has 1 rings (SSSR count). The number of methoxy groups -OCH3 is 1. The third-order valence-electron chi connectivity index (χ3n) is 1.67. The number of nitrogens with one attached hydrogen (secondary N) is 2. The summed E-state index contributed by atoms with van der Waals surface area (Å²) in [6.45, 7) is 1.48. The molecule has 0 fully saturated rings. The number of rotatable bonds is 5. The molecule has 7 heteroatoms. The molecule has 2 N–H and O–H groups in total. The fraction of sp³-hybridized carbons (Fsp3) is 0.444. The Morgan fingerprint density at radius 3 is 2.94 bits per heavy atom. The lowest BCUT2D eigenvalue weighted by molar-refractivity contribution is 0.196. The fourth-order valence-corrected chi connectivity index (χ4v) is 1.37. The number of anilines is 1. The number of hydrogen-bond acceptors (Lipinski definition) is 4. The Morgan fingerprint density at radius 2 is 2.31 bits per heavy atom. The molecular weight excluding hydrogens is 292 g/mol. The number of aromatic nitrogens is 2. The van der Waals surface area contributed by atoms with Crippen LogP contribution in [0.15, 0.2) is 17.0 Å². The van der Waals surface area contributed by atoms with E-state index in [-0.39, 0.29) is 0 Å². The normalized spacial score (nSPS) is 9.88. The third-order valence-corrected chi connectivity index (χ3v) is 2.33. The molecule has 0 atom stereocenters. The first kappa shape index (κ1) is 13.3. The van der Waals surface area contributed by atoms with Crippen molar-refractivity contribution in [2.45, 2.75) is 6.42 Å². The maximum absolute atomic E-state index is 5.08. The minimum Gasteiger partial charge on any atom is -0.385 e. The van der Waals surface area contributed by atoms with E-state index in [4.69, 9.17) is 17.0 Å². The molecule has 1 aromatic rings. The highest BCUT2D eigenvalue weighted by Crippen LogP contribution is 2.05. The Labute approximate surface area is 108 Å². The standard InChI is InChI=1S/C9H13BrN4OS/c1-15-4-2-3-11-9(16)14-8-6-12-7(10)5-13-8/h5-6H,2-4H2,1H3,(H2,11,13,14,16). The van der Waals surface area contributed by atoms with E-state index in [9.17, 15) is 0 Å². The van der Waals surface area contributed by atoms with Crippen molar-refractivity contribution in [3.05, 3.63) is 17.0 Å². The molecule has 0 spiro atoms. The van der Waals surface area contributed by atoms with Crippen molar-refractivity contribution >= 4 is 39.1 Å². The van der Waals surface area contributed by atoms with Gasteiger partial charge in [0.25, 0.3) is 0 Å². The minimum atomic E-state index is 0.535. The van der Waals surface area contributed by atoms with Gasteiger partial charge >= 0.3 is 0 Å². The highest BCUT2D eigenvalue weighted by Gasteiger charge is 1.98. The Kier molecular flexibility index (Phi) is 6.20. The zero-order valence-corrected chi connectivity index (χ0v) is 11.3. The Morgan fingerprint density at radius 1 is 1.50 bits per heavy atom. The molecule has 0 aliphatic heterocycles. The Hall–Kier alpha value is -0.790. The van der Waals surface area contributed by atoms with Crippen LogP contribution < -0.4 is 10.6 Å². The zero-order valence-electron chi connectivity index (χ0n) is 8.86. The maximum Gasteiger partial charge on any atom is 0.171 e. The average Bonchev–Trinajstić information content (AvgIpc) is 2.28. The number of ether oxygens (including phenoxy) is 1. The van der Waals surface area contributed by atoms with E-state index in [1.54, 1.807) is 19.5 Å². The largest absolute Gasteiger partial charge is 0.385 e. The van der Waals surface area contributed by atoms with Crippen LogP contribution >= 0.6 is 28.1 Å². The highest BCUT2D eigenvalue weighted by molar-refractivity contribution is 9.10. The van der Waals surface area contributed by atoms with Gasteiger partial charge in [0.1, 0.15) is 4.60 Å². The van der Waals surface area contributed by atoms with Crippen molar-refractivity contribution in [3.63, 3.8) is 0 Å². The van der Waals surface area contributed by atoms with Gasteiger partial charge in [-0.25, -0.2) is 9.97 Å². The van der Waals surface area contributed by atoms with Gasteiger partial charge in [-0.3, -0.25) is 0 Å². The molecule has 1 heterocycles. The van der Waals surface area contributed by atoms with Crippen LogP contribution in [0.1, 0.15) is 6.42 Å². The first-order valence-corrected chi connectivity index (χ1v) is 5.94. The predicted octanol–water partition coefficient (Wildman–Crippen LogP) is 1.56. The smallest absolute Gasteiger partial charge is 0.171 e. The van der Waals surface area contributed by atoms with Gasteiger partial charge in [-0.2, -0.15) is 0 Å². The molecule has 0 amide bonds. The van der Waals surface area contributed by atoms with Crippen LogP contribution in [-0.4, -0.2) is 35.3 Å². The molecule has 0 saturated heterocycles. The summed E-state index contributed by atoms with van der Waals surface area (Å²) < 4.78 is 5.62. The van der Waals surface area contributed by atoms with Crippen LogP contribution in [-0.2, 0) is 4.74 Å². The van der Waals surface area contributed by atoms with Crippen LogP contribution in [0.4, 0.5) is 5.82 Å². The summed E-state index contributed by atoms with van der Waals surface area (Å²) in [5.74, 6) is 0.618. The first-order chi connectivity index (χ1) is 7.72. The van der Waals surface area contributed by atoms with Gasteiger partial charge in [0.05, 0.1) is 12.4 Å². The molecule has 5 nitrogen and oxygen atoms in total. The summed E-state index contributed by atoms with van der Waals surface area (Å²) in [6.07, 6.45) is 4.12. The van der Waals surface area contributed by atoms with E-state index in [1.165, 1.54) is 0 Å². The molecule has 0 aliphatic carbocycles. The number of nitrogens with zero attached hydrogens (tertiary/aromatic N) is 2. The lowest BCUT2D eigenvalue weighted by Crippen LogP contribution is -2.30. The minimum absolute atomic E-state index is 0.535. The molecule has 16 heavy (non-hydrogen) atoms. The van der Waals surface area contributed by atoms with Crippen molar-refractivity contribution in [2.75, 3.05) is 25.6 Å². The average molecular weight is 305 g/mol. The van der Waals surface area contributed by atoms with Crippen molar-refractivity contribution in [1.82, 2.24) is 15.3 Å². The Bertz CT molecular complexity index is 333. The molecule has 0 aromatic carbocycles. The van der Waals surface area contributed by atoms with Gasteiger partial charge in [0, 0.05) is 20.3 Å². The SMILES string of the molecule is COCCCNC(=S)Nc1cnc(Br)cn1. The van der Waals surface area contributed by atoms with Gasteiger partial charge in [0.15, 0.2) is 10.9 Å². The molecule has 0 radical (unpaired) electrons. The van der Waals surface area contributed by atoms with E-state index >= 15 is 0 Å². The summed E-state index contributed by atoms with van der Waals surface area (Å²) in [6, 6.07) is 0. The number of hydrogen-bond donors (Lipinski definition) is 2. The molecule has 0 saturated carbocycles. The quantitative estimate of drug-likeness (QED) is 0.636. The highest BCUT2D eigenvalue weighted by atomic mass is 79.9. The van der Waals surface area contributed by atoms with Crippen LogP contribution in [0, 0.1) is 0 Å². The van der Waals surface area contributed by atoms with Crippen LogP contribution in [0.5, 0.6) is 0 Å². The molecule has 1 aromatic heterocycles. The topological polar surface area (TPSA) is 59.1 Å². The summed E-state index contributed by atoms with van der Waals surface area (Å²) in [4.78, 5) is 8.12. The van der Waals surface area contributed by atoms with E-state index in [1.807, 2.05) is 0 Å². The van der Waals surface area contributed by atoms with Crippen LogP contribution in [0.3, 0.4) is 0 Å². The lowest BCUT2D eigenvalue weighted by Gasteiger charge is -2.08. The second-order valence-electron chi connectivity index (χ2n) is 2.95. The Balaban J connectivity index is 2.26. The number of halogens is 1. The van der Waals surface area contributed by atoms with E-state index in [2.05, 4.69) is 36.5 Å². The van der Waals surface area contributed by atoms with E-state index in [0.717, 1.165) is 13.0 Å². The van der Waals surface area contributed by atoms with Gasteiger partial charge in [0.2, 0.25) is 0 Å². The second kappa shape index (κ2) is 7.48. The number of thiocarbonyl (C=S) groups is 1. The van der Waals surface area contributed by atoms with Crippen molar-refractivity contribution in [3.8, 4) is 0 Å². The molecule has 0 aliphatic rings. The molecular formula is C9H13BrN4OS. The van der Waals surface area contributed by atoms with E-state index in [0.29, 0.717) is 22.1 Å². The fourth-order valence-electron chi connectivity index (χ4n) is 0.956. The summed E-state index contributed by atoms with van der Waals surface area (Å²) in [5, 5.41) is 6.51. The monoisotopic (exact) mass is 304 g/mol. The maximum atomic E-state index is 5.08. The molecule has 0 bridgehead atoms. The van der Waals surface area contributed by atoms with Crippen molar-refractivity contribution in [1.29, 1.82) is 0 Å². The van der Waals surface area contributed by atoms with Crippen molar-refractivity contribution < 1.29 is 4.74 Å². The predicted molar refractivity (Wildman–Crippen MR) is 70.4 cm³/mol.